The number of rotatable bonds is 9. The molecule has 0 amide bonds. The number of hydrogen-bond acceptors (Lipinski definition) is 5. The molecule has 1 aromatic rings. The minimum absolute atomic E-state index is 0.108. The molecule has 1 fully saturated rings. The Morgan fingerprint density at radius 1 is 1.38 bits per heavy atom. The van der Waals surface area contributed by atoms with Crippen LogP contribution in [-0.2, 0) is 9.63 Å². The molecule has 3 rings (SSSR count). The first-order chi connectivity index (χ1) is 14.0. The van der Waals surface area contributed by atoms with Crippen LogP contribution in [0, 0.1) is 0 Å². The van der Waals surface area contributed by atoms with Crippen LogP contribution in [0.1, 0.15) is 56.2 Å². The van der Waals surface area contributed by atoms with Gasteiger partial charge in [-0.2, -0.15) is 5.48 Å². The van der Waals surface area contributed by atoms with Crippen LogP contribution in [0.15, 0.2) is 40.9 Å². The van der Waals surface area contributed by atoms with E-state index in [0.717, 1.165) is 50.8 Å². The molecule has 158 valence electrons. The van der Waals surface area contributed by atoms with Crippen LogP contribution >= 0.6 is 0 Å². The number of nitrogens with one attached hydrogen (secondary N) is 1. The summed E-state index contributed by atoms with van der Waals surface area (Å²) >= 11 is 0. The number of aliphatic imine (C=N–C) groups is 1. The molecule has 1 aromatic carbocycles. The Kier molecular flexibility index (Phi) is 7.80. The first kappa shape index (κ1) is 21.5. The zero-order chi connectivity index (χ0) is 20.6. The minimum Gasteiger partial charge on any atom is -0.480 e. The molecule has 0 radical (unpaired) electrons. The van der Waals surface area contributed by atoms with Gasteiger partial charge in [0.25, 0.3) is 0 Å². The molecule has 2 aliphatic heterocycles. The Morgan fingerprint density at radius 2 is 2.17 bits per heavy atom. The molecule has 7 heteroatoms. The highest BCUT2D eigenvalue weighted by Gasteiger charge is 2.28. The lowest BCUT2D eigenvalue weighted by atomic mass is 9.95. The quantitative estimate of drug-likeness (QED) is 0.255. The number of unbranched alkanes of at least 4 members (excludes halogenated alkanes) is 1. The van der Waals surface area contributed by atoms with Gasteiger partial charge in [-0.15, -0.1) is 0 Å². The Balaban J connectivity index is 1.49. The van der Waals surface area contributed by atoms with E-state index in [2.05, 4.69) is 35.6 Å². The van der Waals surface area contributed by atoms with Crippen molar-refractivity contribution in [3.05, 3.63) is 47.0 Å². The SMILES string of the molecule is CCCCN=C(N)c1ccc(C2CC(CC3=CCN(CC(=O)O)CC3)ON2)cc1. The van der Waals surface area contributed by atoms with Crippen LogP contribution in [-0.4, -0.2) is 54.1 Å². The third-order valence-electron chi connectivity index (χ3n) is 5.51. The van der Waals surface area contributed by atoms with Crippen molar-refractivity contribution in [2.75, 3.05) is 26.2 Å². The fourth-order valence-corrected chi connectivity index (χ4v) is 3.77. The Morgan fingerprint density at radius 3 is 2.83 bits per heavy atom. The second-order valence-electron chi connectivity index (χ2n) is 7.83. The van der Waals surface area contributed by atoms with Gasteiger partial charge in [-0.3, -0.25) is 19.5 Å². The van der Waals surface area contributed by atoms with E-state index < -0.39 is 5.97 Å². The zero-order valence-electron chi connectivity index (χ0n) is 17.1. The van der Waals surface area contributed by atoms with Crippen molar-refractivity contribution in [3.8, 4) is 0 Å². The fraction of sp³-hybridized carbons (Fsp3) is 0.545. The summed E-state index contributed by atoms with van der Waals surface area (Å²) < 4.78 is 0. The molecular formula is C22H32N4O3. The van der Waals surface area contributed by atoms with Crippen LogP contribution < -0.4 is 11.2 Å². The van der Waals surface area contributed by atoms with E-state index in [-0.39, 0.29) is 18.7 Å². The van der Waals surface area contributed by atoms with E-state index in [1.54, 1.807) is 0 Å². The smallest absolute Gasteiger partial charge is 0.317 e. The van der Waals surface area contributed by atoms with Gasteiger partial charge in [-0.1, -0.05) is 49.3 Å². The summed E-state index contributed by atoms with van der Waals surface area (Å²) in [6, 6.07) is 8.39. The van der Waals surface area contributed by atoms with Crippen molar-refractivity contribution in [1.29, 1.82) is 0 Å². The summed E-state index contributed by atoms with van der Waals surface area (Å²) in [6.45, 7) is 4.52. The fourth-order valence-electron chi connectivity index (χ4n) is 3.77. The molecule has 2 atom stereocenters. The van der Waals surface area contributed by atoms with Gasteiger partial charge < -0.3 is 10.8 Å². The van der Waals surface area contributed by atoms with E-state index in [9.17, 15) is 4.79 Å². The number of hydrogen-bond donors (Lipinski definition) is 3. The van der Waals surface area contributed by atoms with Gasteiger partial charge in [0, 0.05) is 25.2 Å². The lowest BCUT2D eigenvalue weighted by Crippen LogP contribution is -2.34. The molecule has 0 spiro atoms. The first-order valence-corrected chi connectivity index (χ1v) is 10.5. The molecule has 4 N–H and O–H groups in total. The van der Waals surface area contributed by atoms with Crippen molar-refractivity contribution in [1.82, 2.24) is 10.4 Å². The lowest BCUT2D eigenvalue weighted by molar-refractivity contribution is -0.138. The topological polar surface area (TPSA) is 100 Å². The average Bonchev–Trinajstić information content (AvgIpc) is 3.18. The summed E-state index contributed by atoms with van der Waals surface area (Å²) in [5, 5.41) is 8.89. The molecule has 0 aromatic heterocycles. The summed E-state index contributed by atoms with van der Waals surface area (Å²) in [5.74, 6) is -0.173. The van der Waals surface area contributed by atoms with Crippen molar-refractivity contribution in [3.63, 3.8) is 0 Å². The predicted molar refractivity (Wildman–Crippen MR) is 114 cm³/mol. The Hall–Kier alpha value is -2.22. The normalized spacial score (nSPS) is 23.2. The lowest BCUT2D eigenvalue weighted by Gasteiger charge is -2.25. The summed E-state index contributed by atoms with van der Waals surface area (Å²) in [7, 11) is 0. The third kappa shape index (κ3) is 6.39. The molecule has 29 heavy (non-hydrogen) atoms. The number of carboxylic acid groups (broad SMARTS) is 1. The monoisotopic (exact) mass is 400 g/mol. The molecule has 2 unspecified atom stereocenters. The molecule has 2 heterocycles. The predicted octanol–water partition coefficient (Wildman–Crippen LogP) is 2.63. The van der Waals surface area contributed by atoms with Gasteiger partial charge in [0.05, 0.1) is 18.7 Å². The highest BCUT2D eigenvalue weighted by molar-refractivity contribution is 5.97. The van der Waals surface area contributed by atoms with E-state index in [1.807, 2.05) is 17.0 Å². The number of hydroxylamine groups is 1. The number of benzene rings is 1. The van der Waals surface area contributed by atoms with Crippen LogP contribution in [0.3, 0.4) is 0 Å². The molecule has 0 aliphatic carbocycles. The first-order valence-electron chi connectivity index (χ1n) is 10.5. The zero-order valence-corrected chi connectivity index (χ0v) is 17.1. The number of amidine groups is 1. The van der Waals surface area contributed by atoms with Crippen molar-refractivity contribution >= 4 is 11.8 Å². The van der Waals surface area contributed by atoms with Gasteiger partial charge in [0.1, 0.15) is 5.84 Å². The minimum atomic E-state index is -0.770. The maximum atomic E-state index is 10.8. The van der Waals surface area contributed by atoms with Gasteiger partial charge in [0.15, 0.2) is 0 Å². The number of aliphatic carboxylic acids is 1. The number of carboxylic acids is 1. The number of nitrogens with two attached hydrogens (primary N) is 1. The maximum Gasteiger partial charge on any atom is 0.317 e. The van der Waals surface area contributed by atoms with Crippen molar-refractivity contribution < 1.29 is 14.7 Å². The van der Waals surface area contributed by atoms with E-state index in [4.69, 9.17) is 15.7 Å². The standard InChI is InChI=1S/C22H32N4O3/c1-2-3-10-24-22(23)18-6-4-17(5-7-18)20-14-19(29-25-20)13-16-8-11-26(12-9-16)15-21(27)28/h4-8,19-20,25H,2-3,9-15H2,1H3,(H2,23,24)(H,27,28). The average molecular weight is 401 g/mol. The molecule has 2 aliphatic rings. The van der Waals surface area contributed by atoms with E-state index >= 15 is 0 Å². The second kappa shape index (κ2) is 10.5. The molecule has 7 nitrogen and oxygen atoms in total. The number of nitrogens with zero attached hydrogens (tertiary/aromatic N) is 2. The van der Waals surface area contributed by atoms with Crippen LogP contribution in [0.25, 0.3) is 0 Å². The van der Waals surface area contributed by atoms with E-state index in [0.29, 0.717) is 12.4 Å². The largest absolute Gasteiger partial charge is 0.480 e. The maximum absolute atomic E-state index is 10.8. The molecule has 1 saturated heterocycles. The highest BCUT2D eigenvalue weighted by Crippen LogP contribution is 2.30. The summed E-state index contributed by atoms with van der Waals surface area (Å²) in [5.41, 5.74) is 12.7. The van der Waals surface area contributed by atoms with Gasteiger partial charge in [-0.05, 0) is 31.2 Å². The van der Waals surface area contributed by atoms with Crippen LogP contribution in [0.2, 0.25) is 0 Å². The highest BCUT2D eigenvalue weighted by atomic mass is 16.7. The molecule has 0 bridgehead atoms. The Labute approximate surface area is 172 Å². The molecular weight excluding hydrogens is 368 g/mol. The van der Waals surface area contributed by atoms with Crippen molar-refractivity contribution in [2.24, 2.45) is 10.7 Å². The van der Waals surface area contributed by atoms with Crippen LogP contribution in [0.4, 0.5) is 0 Å². The van der Waals surface area contributed by atoms with Crippen molar-refractivity contribution in [2.45, 2.75) is 51.2 Å². The van der Waals surface area contributed by atoms with Gasteiger partial charge in [0.2, 0.25) is 0 Å². The summed E-state index contributed by atoms with van der Waals surface area (Å²) in [4.78, 5) is 23.0. The van der Waals surface area contributed by atoms with Crippen LogP contribution in [0.5, 0.6) is 0 Å². The van der Waals surface area contributed by atoms with Gasteiger partial charge >= 0.3 is 5.97 Å². The summed E-state index contributed by atoms with van der Waals surface area (Å²) in [6.07, 6.45) is 7.16. The van der Waals surface area contributed by atoms with Gasteiger partial charge in [-0.25, -0.2) is 0 Å². The second-order valence-corrected chi connectivity index (χ2v) is 7.83. The third-order valence-corrected chi connectivity index (χ3v) is 5.51. The number of carbonyl (C=O) groups is 1. The van der Waals surface area contributed by atoms with E-state index in [1.165, 1.54) is 11.1 Å². The Bertz CT molecular complexity index is 745. The molecule has 0 saturated carbocycles.